The molecule has 0 rings (SSSR count). The van der Waals surface area contributed by atoms with Crippen LogP contribution in [0.3, 0.4) is 0 Å². The number of hydrogen-bond acceptors (Lipinski definition) is 5. The fourth-order valence-electron chi connectivity index (χ4n) is 0.753. The number of aliphatic imine (C=N–C) groups is 1. The minimum atomic E-state index is -0.662. The molecule has 0 spiro atoms. The van der Waals surface area contributed by atoms with E-state index in [1.807, 2.05) is 0 Å². The highest BCUT2D eigenvalue weighted by Crippen LogP contribution is 2.08. The highest BCUT2D eigenvalue weighted by atomic mass is 32.2. The second-order valence-corrected chi connectivity index (χ2v) is 3.78. The molecule has 0 saturated carbocycles. The van der Waals surface area contributed by atoms with E-state index >= 15 is 0 Å². The summed E-state index contributed by atoms with van der Waals surface area (Å²) in [4.78, 5) is 35.8. The van der Waals surface area contributed by atoms with Gasteiger partial charge in [-0.2, -0.15) is 0 Å². The van der Waals surface area contributed by atoms with Gasteiger partial charge in [-0.1, -0.05) is 0 Å². The number of amides is 2. The second-order valence-electron chi connectivity index (χ2n) is 2.73. The molecule has 0 aliphatic heterocycles. The molecular formula is C8H13N3O3S. The zero-order valence-electron chi connectivity index (χ0n) is 8.36. The maximum atomic E-state index is 11.1. The molecule has 0 aliphatic rings. The topological polar surface area (TPSA) is 116 Å². The lowest BCUT2D eigenvalue weighted by atomic mass is 10.3. The molecular weight excluding hydrogens is 218 g/mol. The summed E-state index contributed by atoms with van der Waals surface area (Å²) in [7, 11) is 1.50. The number of nitrogens with zero attached hydrogens (tertiary/aromatic N) is 1. The van der Waals surface area contributed by atoms with Gasteiger partial charge in [0.15, 0.2) is 5.78 Å². The van der Waals surface area contributed by atoms with E-state index in [-0.39, 0.29) is 24.4 Å². The Hall–Kier alpha value is -1.37. The van der Waals surface area contributed by atoms with E-state index in [2.05, 4.69) is 4.99 Å². The third-order valence-corrected chi connectivity index (χ3v) is 2.47. The third-order valence-electron chi connectivity index (χ3n) is 1.35. The normalized spacial score (nSPS) is 11.1. The number of Topliss-reactive ketones (excluding diaryl/α,β-unsaturated/α-hetero) is 1. The van der Waals surface area contributed by atoms with Gasteiger partial charge in [-0.25, -0.2) is 0 Å². The maximum absolute atomic E-state index is 11.1. The molecule has 0 saturated heterocycles. The molecule has 0 aromatic rings. The van der Waals surface area contributed by atoms with E-state index in [1.165, 1.54) is 7.05 Å². The number of thioether (sulfide) groups is 1. The molecule has 0 atom stereocenters. The van der Waals surface area contributed by atoms with E-state index in [4.69, 9.17) is 11.5 Å². The summed E-state index contributed by atoms with van der Waals surface area (Å²) >= 11 is 1.09. The van der Waals surface area contributed by atoms with Crippen LogP contribution in [0.25, 0.3) is 0 Å². The lowest BCUT2D eigenvalue weighted by Crippen LogP contribution is -2.19. The van der Waals surface area contributed by atoms with Crippen LogP contribution in [-0.4, -0.2) is 35.4 Å². The lowest BCUT2D eigenvalue weighted by Gasteiger charge is -2.01. The standard InChI is InChI=1S/C8H13N3O3S/c1-11-8(3-7(10)14)15-4-5(12)2-6(9)13/h2-4H2,1H3,(H2,9,13)(H2,10,14). The van der Waals surface area contributed by atoms with Gasteiger partial charge in [0.25, 0.3) is 0 Å². The highest BCUT2D eigenvalue weighted by molar-refractivity contribution is 8.14. The molecule has 2 amide bonds. The van der Waals surface area contributed by atoms with Crippen molar-refractivity contribution in [1.29, 1.82) is 0 Å². The monoisotopic (exact) mass is 231 g/mol. The van der Waals surface area contributed by atoms with Crippen molar-refractivity contribution >= 4 is 34.4 Å². The Bertz CT molecular complexity index is 302. The number of nitrogens with two attached hydrogens (primary N) is 2. The quantitative estimate of drug-likeness (QED) is 0.349. The molecule has 6 nitrogen and oxygen atoms in total. The van der Waals surface area contributed by atoms with Crippen molar-refractivity contribution in [1.82, 2.24) is 0 Å². The summed E-state index contributed by atoms with van der Waals surface area (Å²) in [5.41, 5.74) is 9.80. The molecule has 15 heavy (non-hydrogen) atoms. The lowest BCUT2D eigenvalue weighted by molar-refractivity contribution is -0.125. The molecule has 7 heteroatoms. The smallest absolute Gasteiger partial charge is 0.224 e. The summed E-state index contributed by atoms with van der Waals surface area (Å²) in [6.45, 7) is 0. The Morgan fingerprint density at radius 1 is 1.13 bits per heavy atom. The zero-order chi connectivity index (χ0) is 11.8. The molecule has 0 aromatic heterocycles. The van der Waals surface area contributed by atoms with Crippen LogP contribution >= 0.6 is 11.8 Å². The first-order valence-electron chi connectivity index (χ1n) is 4.12. The largest absolute Gasteiger partial charge is 0.369 e. The van der Waals surface area contributed by atoms with Crippen molar-refractivity contribution < 1.29 is 14.4 Å². The summed E-state index contributed by atoms with van der Waals surface area (Å²) < 4.78 is 0. The molecule has 4 N–H and O–H groups in total. The van der Waals surface area contributed by atoms with Crippen LogP contribution in [-0.2, 0) is 14.4 Å². The SMILES string of the molecule is CN=C(CC(N)=O)SCC(=O)CC(N)=O. The summed E-state index contributed by atoms with van der Waals surface area (Å²) in [6.07, 6.45) is -0.286. The highest BCUT2D eigenvalue weighted by Gasteiger charge is 2.10. The van der Waals surface area contributed by atoms with Crippen molar-refractivity contribution in [3.05, 3.63) is 0 Å². The van der Waals surface area contributed by atoms with Gasteiger partial charge < -0.3 is 11.5 Å². The average molecular weight is 231 g/mol. The van der Waals surface area contributed by atoms with Gasteiger partial charge in [0.2, 0.25) is 11.8 Å². The first-order valence-corrected chi connectivity index (χ1v) is 5.11. The van der Waals surface area contributed by atoms with Crippen LogP contribution in [0, 0.1) is 0 Å². The summed E-state index contributed by atoms with van der Waals surface area (Å²) in [6, 6.07) is 0. The number of primary amides is 2. The van der Waals surface area contributed by atoms with Crippen LogP contribution in [0.2, 0.25) is 0 Å². The zero-order valence-corrected chi connectivity index (χ0v) is 9.17. The minimum Gasteiger partial charge on any atom is -0.369 e. The second kappa shape index (κ2) is 6.99. The molecule has 84 valence electrons. The molecule has 0 heterocycles. The molecule has 0 unspecified atom stereocenters. The number of carbonyl (C=O) groups excluding carboxylic acids is 3. The van der Waals surface area contributed by atoms with Crippen LogP contribution in [0.5, 0.6) is 0 Å². The predicted molar refractivity (Wildman–Crippen MR) is 58.4 cm³/mol. The molecule has 0 radical (unpaired) electrons. The van der Waals surface area contributed by atoms with E-state index in [0.717, 1.165) is 11.8 Å². The number of hydrogen-bond donors (Lipinski definition) is 2. The van der Waals surface area contributed by atoms with Crippen LogP contribution in [0.1, 0.15) is 12.8 Å². The fraction of sp³-hybridized carbons (Fsp3) is 0.500. The molecule has 0 fully saturated rings. The van der Waals surface area contributed by atoms with Gasteiger partial charge in [0.1, 0.15) is 0 Å². The van der Waals surface area contributed by atoms with Gasteiger partial charge in [-0.05, 0) is 0 Å². The van der Waals surface area contributed by atoms with E-state index in [1.54, 1.807) is 0 Å². The third kappa shape index (κ3) is 7.68. The Balaban J connectivity index is 3.97. The van der Waals surface area contributed by atoms with Crippen molar-refractivity contribution in [2.24, 2.45) is 16.5 Å². The van der Waals surface area contributed by atoms with Crippen molar-refractivity contribution in [3.8, 4) is 0 Å². The molecule has 0 bridgehead atoms. The summed E-state index contributed by atoms with van der Waals surface area (Å²) in [5, 5.41) is 0.473. The Morgan fingerprint density at radius 2 is 1.67 bits per heavy atom. The first-order chi connectivity index (χ1) is 6.95. The van der Waals surface area contributed by atoms with Crippen LogP contribution in [0.15, 0.2) is 4.99 Å². The Morgan fingerprint density at radius 3 is 2.07 bits per heavy atom. The van der Waals surface area contributed by atoms with E-state index in [9.17, 15) is 14.4 Å². The first kappa shape index (κ1) is 13.6. The predicted octanol–water partition coefficient (Wildman–Crippen LogP) is -0.932. The van der Waals surface area contributed by atoms with Crippen molar-refractivity contribution in [3.63, 3.8) is 0 Å². The number of rotatable bonds is 6. The fourth-order valence-corrected chi connectivity index (χ4v) is 1.56. The Labute approximate surface area is 91.5 Å². The van der Waals surface area contributed by atoms with E-state index in [0.29, 0.717) is 5.04 Å². The Kier molecular flexibility index (Phi) is 6.35. The van der Waals surface area contributed by atoms with Crippen LogP contribution < -0.4 is 11.5 Å². The molecule has 0 aliphatic carbocycles. The number of carbonyl (C=O) groups is 3. The number of ketones is 1. The van der Waals surface area contributed by atoms with Gasteiger partial charge in [0.05, 0.1) is 23.6 Å². The minimum absolute atomic E-state index is 0.00498. The van der Waals surface area contributed by atoms with Gasteiger partial charge in [0, 0.05) is 7.05 Å². The van der Waals surface area contributed by atoms with Crippen LogP contribution in [0.4, 0.5) is 0 Å². The van der Waals surface area contributed by atoms with E-state index < -0.39 is 11.8 Å². The van der Waals surface area contributed by atoms with Crippen molar-refractivity contribution in [2.75, 3.05) is 12.8 Å². The average Bonchev–Trinajstić information content (AvgIpc) is 2.10. The van der Waals surface area contributed by atoms with Gasteiger partial charge >= 0.3 is 0 Å². The van der Waals surface area contributed by atoms with Gasteiger partial charge in [-0.15, -0.1) is 11.8 Å². The van der Waals surface area contributed by atoms with Gasteiger partial charge in [-0.3, -0.25) is 19.4 Å². The maximum Gasteiger partial charge on any atom is 0.224 e. The van der Waals surface area contributed by atoms with Crippen molar-refractivity contribution in [2.45, 2.75) is 12.8 Å². The molecule has 0 aromatic carbocycles. The summed E-state index contributed by atoms with van der Waals surface area (Å²) in [5.74, 6) is -1.39.